The van der Waals surface area contributed by atoms with Crippen molar-refractivity contribution in [3.8, 4) is 0 Å². The standard InChI is InChI=1S/C21H21ClN2O3/c1-13(2)20(14-3-7-16(22)8-4-14)23-21(27)15-5-9-17(10-6-15)24-18(25)11-12-19(24)26/h3-10,13,20H,11-12H2,1-2H3,(H,23,27). The minimum atomic E-state index is -0.214. The molecule has 1 saturated heterocycles. The van der Waals surface area contributed by atoms with E-state index < -0.39 is 0 Å². The van der Waals surface area contributed by atoms with Gasteiger partial charge in [-0.25, -0.2) is 0 Å². The van der Waals surface area contributed by atoms with Crippen LogP contribution in [-0.4, -0.2) is 17.7 Å². The van der Waals surface area contributed by atoms with Gasteiger partial charge in [0.2, 0.25) is 11.8 Å². The van der Waals surface area contributed by atoms with E-state index in [-0.39, 0.29) is 42.5 Å². The zero-order valence-corrected chi connectivity index (χ0v) is 16.0. The molecule has 0 aromatic heterocycles. The molecule has 2 aromatic rings. The Bertz CT molecular complexity index is 844. The number of rotatable bonds is 5. The van der Waals surface area contributed by atoms with E-state index in [2.05, 4.69) is 5.32 Å². The third-order valence-electron chi connectivity index (χ3n) is 4.62. The summed E-state index contributed by atoms with van der Waals surface area (Å²) in [5.74, 6) is -0.442. The van der Waals surface area contributed by atoms with E-state index in [1.807, 2.05) is 26.0 Å². The number of nitrogens with zero attached hydrogens (tertiary/aromatic N) is 1. The van der Waals surface area contributed by atoms with Crippen molar-refractivity contribution in [3.05, 3.63) is 64.7 Å². The molecule has 0 radical (unpaired) electrons. The Kier molecular flexibility index (Phi) is 5.61. The maximum atomic E-state index is 12.7. The highest BCUT2D eigenvalue weighted by molar-refractivity contribution is 6.30. The number of hydrogen-bond donors (Lipinski definition) is 1. The fourth-order valence-electron chi connectivity index (χ4n) is 3.16. The van der Waals surface area contributed by atoms with Crippen molar-refractivity contribution in [1.82, 2.24) is 5.32 Å². The van der Waals surface area contributed by atoms with Gasteiger partial charge in [0.05, 0.1) is 11.7 Å². The molecule has 1 unspecified atom stereocenters. The number of hydrogen-bond acceptors (Lipinski definition) is 3. The zero-order valence-electron chi connectivity index (χ0n) is 15.2. The molecule has 1 atom stereocenters. The molecule has 5 nitrogen and oxygen atoms in total. The summed E-state index contributed by atoms with van der Waals surface area (Å²) in [6.45, 7) is 4.07. The Morgan fingerprint density at radius 2 is 1.52 bits per heavy atom. The Morgan fingerprint density at radius 3 is 2.04 bits per heavy atom. The van der Waals surface area contributed by atoms with Crippen LogP contribution in [0.3, 0.4) is 0 Å². The highest BCUT2D eigenvalue weighted by Gasteiger charge is 2.30. The normalized spacial score (nSPS) is 15.3. The Morgan fingerprint density at radius 1 is 0.963 bits per heavy atom. The van der Waals surface area contributed by atoms with E-state index in [4.69, 9.17) is 11.6 Å². The number of nitrogens with one attached hydrogen (secondary N) is 1. The summed E-state index contributed by atoms with van der Waals surface area (Å²) in [6, 6.07) is 13.8. The van der Waals surface area contributed by atoms with E-state index in [1.54, 1.807) is 36.4 Å². The van der Waals surface area contributed by atoms with Crippen LogP contribution in [0.25, 0.3) is 0 Å². The van der Waals surface area contributed by atoms with Crippen molar-refractivity contribution in [2.24, 2.45) is 5.92 Å². The van der Waals surface area contributed by atoms with Gasteiger partial charge in [-0.2, -0.15) is 0 Å². The lowest BCUT2D eigenvalue weighted by Crippen LogP contribution is -2.32. The van der Waals surface area contributed by atoms with Crippen molar-refractivity contribution in [2.45, 2.75) is 32.7 Å². The van der Waals surface area contributed by atoms with E-state index in [9.17, 15) is 14.4 Å². The van der Waals surface area contributed by atoms with Gasteiger partial charge in [-0.15, -0.1) is 0 Å². The van der Waals surface area contributed by atoms with Crippen molar-refractivity contribution < 1.29 is 14.4 Å². The van der Waals surface area contributed by atoms with Crippen LogP contribution in [-0.2, 0) is 9.59 Å². The fraction of sp³-hybridized carbons (Fsp3) is 0.286. The smallest absolute Gasteiger partial charge is 0.251 e. The summed E-state index contributed by atoms with van der Waals surface area (Å²) in [6.07, 6.45) is 0.469. The van der Waals surface area contributed by atoms with E-state index in [1.165, 1.54) is 4.90 Å². The SMILES string of the molecule is CC(C)C(NC(=O)c1ccc(N2C(=O)CCC2=O)cc1)c1ccc(Cl)cc1. The number of amides is 3. The molecule has 1 aliphatic rings. The number of imide groups is 1. The average molecular weight is 385 g/mol. The molecule has 3 amide bonds. The minimum absolute atomic E-state index is 0.156. The first-order valence-electron chi connectivity index (χ1n) is 8.89. The van der Waals surface area contributed by atoms with Gasteiger partial charge in [0.1, 0.15) is 0 Å². The maximum Gasteiger partial charge on any atom is 0.251 e. The lowest BCUT2D eigenvalue weighted by atomic mass is 9.95. The summed E-state index contributed by atoms with van der Waals surface area (Å²) in [5.41, 5.74) is 1.95. The molecule has 2 aromatic carbocycles. The Labute approximate surface area is 163 Å². The van der Waals surface area contributed by atoms with Crippen LogP contribution in [0.4, 0.5) is 5.69 Å². The minimum Gasteiger partial charge on any atom is -0.345 e. The average Bonchev–Trinajstić information content (AvgIpc) is 2.99. The van der Waals surface area contributed by atoms with Gasteiger partial charge >= 0.3 is 0 Å². The zero-order chi connectivity index (χ0) is 19.6. The maximum absolute atomic E-state index is 12.7. The molecule has 0 bridgehead atoms. The number of carbonyl (C=O) groups excluding carboxylic acids is 3. The quantitative estimate of drug-likeness (QED) is 0.788. The van der Waals surface area contributed by atoms with Crippen LogP contribution in [0.1, 0.15) is 48.7 Å². The summed E-state index contributed by atoms with van der Waals surface area (Å²) in [4.78, 5) is 37.5. The first kappa shape index (κ1) is 19.1. The van der Waals surface area contributed by atoms with Crippen LogP contribution in [0, 0.1) is 5.92 Å². The van der Waals surface area contributed by atoms with Crippen LogP contribution >= 0.6 is 11.6 Å². The highest BCUT2D eigenvalue weighted by atomic mass is 35.5. The lowest BCUT2D eigenvalue weighted by Gasteiger charge is -2.23. The van der Waals surface area contributed by atoms with Crippen molar-refractivity contribution >= 4 is 35.0 Å². The molecule has 6 heteroatoms. The van der Waals surface area contributed by atoms with Gasteiger partial charge in [-0.1, -0.05) is 37.6 Å². The van der Waals surface area contributed by atoms with Crippen LogP contribution in [0.2, 0.25) is 5.02 Å². The van der Waals surface area contributed by atoms with E-state index in [0.29, 0.717) is 16.3 Å². The second-order valence-electron chi connectivity index (χ2n) is 6.92. The monoisotopic (exact) mass is 384 g/mol. The summed E-state index contributed by atoms with van der Waals surface area (Å²) in [5, 5.41) is 3.69. The van der Waals surface area contributed by atoms with Crippen LogP contribution in [0.5, 0.6) is 0 Å². The number of carbonyl (C=O) groups is 3. The lowest BCUT2D eigenvalue weighted by molar-refractivity contribution is -0.121. The molecule has 1 aliphatic heterocycles. The Hall–Kier alpha value is -2.66. The van der Waals surface area contributed by atoms with E-state index in [0.717, 1.165) is 5.56 Å². The molecule has 0 aliphatic carbocycles. The number of benzene rings is 2. The van der Waals surface area contributed by atoms with Gasteiger partial charge in [0, 0.05) is 23.4 Å². The molecule has 140 valence electrons. The third-order valence-corrected chi connectivity index (χ3v) is 4.87. The predicted octanol–water partition coefficient (Wildman–Crippen LogP) is 4.12. The molecule has 27 heavy (non-hydrogen) atoms. The predicted molar refractivity (Wildman–Crippen MR) is 105 cm³/mol. The number of anilines is 1. The molecule has 0 saturated carbocycles. The van der Waals surface area contributed by atoms with Gasteiger partial charge in [-0.05, 0) is 47.9 Å². The molecule has 0 spiro atoms. The van der Waals surface area contributed by atoms with Gasteiger partial charge in [-0.3, -0.25) is 19.3 Å². The molecular formula is C21H21ClN2O3. The van der Waals surface area contributed by atoms with Gasteiger partial charge in [0.25, 0.3) is 5.91 Å². The molecular weight excluding hydrogens is 364 g/mol. The van der Waals surface area contributed by atoms with Gasteiger partial charge in [0.15, 0.2) is 0 Å². The Balaban J connectivity index is 1.75. The fourth-order valence-corrected chi connectivity index (χ4v) is 3.28. The third kappa shape index (κ3) is 4.19. The van der Waals surface area contributed by atoms with Crippen molar-refractivity contribution in [3.63, 3.8) is 0 Å². The molecule has 1 heterocycles. The summed E-state index contributed by atoms with van der Waals surface area (Å²) < 4.78 is 0. The molecule has 1 N–H and O–H groups in total. The van der Waals surface area contributed by atoms with Crippen LogP contribution in [0.15, 0.2) is 48.5 Å². The topological polar surface area (TPSA) is 66.5 Å². The second kappa shape index (κ2) is 7.92. The first-order chi connectivity index (χ1) is 12.9. The first-order valence-corrected chi connectivity index (χ1v) is 9.27. The van der Waals surface area contributed by atoms with Crippen molar-refractivity contribution in [2.75, 3.05) is 4.90 Å². The number of halogens is 1. The summed E-state index contributed by atoms with van der Waals surface area (Å²) >= 11 is 5.95. The molecule has 1 fully saturated rings. The van der Waals surface area contributed by atoms with Crippen LogP contribution < -0.4 is 10.2 Å². The largest absolute Gasteiger partial charge is 0.345 e. The van der Waals surface area contributed by atoms with Gasteiger partial charge < -0.3 is 5.32 Å². The van der Waals surface area contributed by atoms with E-state index >= 15 is 0 Å². The van der Waals surface area contributed by atoms with Crippen molar-refractivity contribution in [1.29, 1.82) is 0 Å². The molecule has 3 rings (SSSR count). The highest BCUT2D eigenvalue weighted by Crippen LogP contribution is 2.25. The second-order valence-corrected chi connectivity index (χ2v) is 7.35. The summed E-state index contributed by atoms with van der Waals surface area (Å²) in [7, 11) is 0.